The lowest BCUT2D eigenvalue weighted by Gasteiger charge is -2.10. The first kappa shape index (κ1) is 15.9. The Labute approximate surface area is 138 Å². The second kappa shape index (κ2) is 8.07. The average Bonchev–Trinajstić information content (AvgIpc) is 3.24. The number of hydrogen-bond acceptors (Lipinski definition) is 6. The van der Waals surface area contributed by atoms with Crippen LogP contribution in [-0.4, -0.2) is 51.1 Å². The predicted octanol–water partition coefficient (Wildman–Crippen LogP) is 1.11. The summed E-state index contributed by atoms with van der Waals surface area (Å²) in [6.07, 6.45) is 2.25. The van der Waals surface area contributed by atoms with Crippen molar-refractivity contribution in [3.05, 3.63) is 35.9 Å². The first-order valence-corrected chi connectivity index (χ1v) is 8.61. The van der Waals surface area contributed by atoms with Crippen molar-refractivity contribution < 1.29 is 9.53 Å². The minimum Gasteiger partial charge on any atom is -0.376 e. The lowest BCUT2D eigenvalue weighted by molar-refractivity contribution is -0.119. The standard InChI is InChI=1S/C15H19N5O2S/c21-14(16-9-13-7-4-8-22-13)11-23-15-17-18-19-20(15)10-12-5-2-1-3-6-12/h1-3,5-6,13H,4,7-11H2,(H,16,21)/t13-/m0/s1. The van der Waals surface area contributed by atoms with Gasteiger partial charge in [-0.2, -0.15) is 0 Å². The summed E-state index contributed by atoms with van der Waals surface area (Å²) < 4.78 is 7.18. The van der Waals surface area contributed by atoms with Gasteiger partial charge in [0.05, 0.1) is 18.4 Å². The Balaban J connectivity index is 1.46. The molecule has 8 heteroatoms. The zero-order chi connectivity index (χ0) is 15.9. The zero-order valence-corrected chi connectivity index (χ0v) is 13.5. The summed E-state index contributed by atoms with van der Waals surface area (Å²) in [6.45, 7) is 1.96. The highest BCUT2D eigenvalue weighted by Crippen LogP contribution is 2.15. The smallest absolute Gasteiger partial charge is 0.230 e. The molecule has 1 aromatic carbocycles. The van der Waals surface area contributed by atoms with Crippen LogP contribution in [0.4, 0.5) is 0 Å². The lowest BCUT2D eigenvalue weighted by Crippen LogP contribution is -2.32. The van der Waals surface area contributed by atoms with E-state index in [1.807, 2.05) is 30.3 Å². The fourth-order valence-corrected chi connectivity index (χ4v) is 3.08. The van der Waals surface area contributed by atoms with E-state index in [9.17, 15) is 4.79 Å². The van der Waals surface area contributed by atoms with Gasteiger partial charge < -0.3 is 10.1 Å². The van der Waals surface area contributed by atoms with Crippen molar-refractivity contribution >= 4 is 17.7 Å². The first-order valence-electron chi connectivity index (χ1n) is 7.62. The molecule has 0 spiro atoms. The highest BCUT2D eigenvalue weighted by Gasteiger charge is 2.16. The van der Waals surface area contributed by atoms with Crippen LogP contribution in [0.2, 0.25) is 0 Å². The van der Waals surface area contributed by atoms with Crippen LogP contribution < -0.4 is 5.32 Å². The van der Waals surface area contributed by atoms with Crippen LogP contribution in [0, 0.1) is 0 Å². The van der Waals surface area contributed by atoms with Crippen LogP contribution in [0.15, 0.2) is 35.5 Å². The molecular formula is C15H19N5O2S. The number of aromatic nitrogens is 4. The summed E-state index contributed by atoms with van der Waals surface area (Å²) in [5.74, 6) is 0.266. The molecule has 1 aliphatic heterocycles. The van der Waals surface area contributed by atoms with E-state index in [1.54, 1.807) is 4.68 Å². The van der Waals surface area contributed by atoms with Crippen molar-refractivity contribution in [1.82, 2.24) is 25.5 Å². The van der Waals surface area contributed by atoms with Gasteiger partial charge in [-0.1, -0.05) is 42.1 Å². The zero-order valence-electron chi connectivity index (χ0n) is 12.7. The molecule has 0 unspecified atom stereocenters. The fraction of sp³-hybridized carbons (Fsp3) is 0.467. The van der Waals surface area contributed by atoms with Crippen LogP contribution in [0.5, 0.6) is 0 Å². The van der Waals surface area contributed by atoms with Crippen molar-refractivity contribution in [3.63, 3.8) is 0 Å². The second-order valence-electron chi connectivity index (χ2n) is 5.33. The van der Waals surface area contributed by atoms with Gasteiger partial charge in [0, 0.05) is 13.2 Å². The molecule has 23 heavy (non-hydrogen) atoms. The maximum atomic E-state index is 11.9. The van der Waals surface area contributed by atoms with E-state index in [4.69, 9.17) is 4.74 Å². The molecule has 122 valence electrons. The lowest BCUT2D eigenvalue weighted by atomic mass is 10.2. The van der Waals surface area contributed by atoms with Crippen LogP contribution in [0.3, 0.4) is 0 Å². The van der Waals surface area contributed by atoms with E-state index in [2.05, 4.69) is 20.8 Å². The van der Waals surface area contributed by atoms with Crippen molar-refractivity contribution in [2.75, 3.05) is 18.9 Å². The van der Waals surface area contributed by atoms with Crippen molar-refractivity contribution in [2.45, 2.75) is 30.6 Å². The third-order valence-electron chi connectivity index (χ3n) is 3.56. The number of tetrazole rings is 1. The van der Waals surface area contributed by atoms with Gasteiger partial charge in [-0.3, -0.25) is 4.79 Å². The molecule has 2 aromatic rings. The second-order valence-corrected chi connectivity index (χ2v) is 6.27. The summed E-state index contributed by atoms with van der Waals surface area (Å²) >= 11 is 1.34. The highest BCUT2D eigenvalue weighted by atomic mass is 32.2. The normalized spacial score (nSPS) is 17.3. The minimum atomic E-state index is -0.0280. The molecule has 1 aliphatic rings. The van der Waals surface area contributed by atoms with Crippen LogP contribution >= 0.6 is 11.8 Å². The summed E-state index contributed by atoms with van der Waals surface area (Å²) in [6, 6.07) is 9.96. The molecule has 0 aliphatic carbocycles. The Morgan fingerprint density at radius 3 is 3.04 bits per heavy atom. The molecule has 1 atom stereocenters. The molecule has 3 rings (SSSR count). The quantitative estimate of drug-likeness (QED) is 0.765. The fourth-order valence-electron chi connectivity index (χ4n) is 2.37. The third kappa shape index (κ3) is 4.77. The minimum absolute atomic E-state index is 0.0280. The van der Waals surface area contributed by atoms with Gasteiger partial charge in [0.25, 0.3) is 0 Å². The molecule has 1 aromatic heterocycles. The monoisotopic (exact) mass is 333 g/mol. The molecule has 0 bridgehead atoms. The SMILES string of the molecule is O=C(CSc1nnnn1Cc1ccccc1)NC[C@@H]1CCCO1. The Kier molecular flexibility index (Phi) is 5.60. The van der Waals surface area contributed by atoms with Gasteiger partial charge in [-0.25, -0.2) is 4.68 Å². The summed E-state index contributed by atoms with van der Waals surface area (Å²) in [4.78, 5) is 11.9. The van der Waals surface area contributed by atoms with Gasteiger partial charge in [0.2, 0.25) is 11.1 Å². The molecular weight excluding hydrogens is 314 g/mol. The van der Waals surface area contributed by atoms with Crippen molar-refractivity contribution in [1.29, 1.82) is 0 Å². The van der Waals surface area contributed by atoms with Crippen molar-refractivity contribution in [2.24, 2.45) is 0 Å². The highest BCUT2D eigenvalue weighted by molar-refractivity contribution is 7.99. The van der Waals surface area contributed by atoms with Crippen molar-refractivity contribution in [3.8, 4) is 0 Å². The Bertz CT molecular complexity index is 628. The number of rotatable bonds is 7. The molecule has 0 saturated carbocycles. The van der Waals surface area contributed by atoms with E-state index in [-0.39, 0.29) is 12.0 Å². The maximum Gasteiger partial charge on any atom is 0.230 e. The molecule has 1 N–H and O–H groups in total. The van der Waals surface area contributed by atoms with Gasteiger partial charge in [-0.05, 0) is 28.8 Å². The van der Waals surface area contributed by atoms with Crippen LogP contribution in [0.1, 0.15) is 18.4 Å². The Hall–Kier alpha value is -1.93. The first-order chi connectivity index (χ1) is 11.3. The summed E-state index contributed by atoms with van der Waals surface area (Å²) in [7, 11) is 0. The number of amides is 1. The number of ether oxygens (including phenoxy) is 1. The molecule has 1 saturated heterocycles. The number of carbonyl (C=O) groups excluding carboxylic acids is 1. The van der Waals surface area contributed by atoms with Gasteiger partial charge in [-0.15, -0.1) is 5.10 Å². The van der Waals surface area contributed by atoms with Gasteiger partial charge >= 0.3 is 0 Å². The number of nitrogens with one attached hydrogen (secondary N) is 1. The van der Waals surface area contributed by atoms with E-state index in [0.717, 1.165) is 25.0 Å². The molecule has 7 nitrogen and oxygen atoms in total. The number of carbonyl (C=O) groups is 1. The maximum absolute atomic E-state index is 11.9. The third-order valence-corrected chi connectivity index (χ3v) is 4.51. The van der Waals surface area contributed by atoms with E-state index in [0.29, 0.717) is 24.0 Å². The average molecular weight is 333 g/mol. The van der Waals surface area contributed by atoms with E-state index >= 15 is 0 Å². The van der Waals surface area contributed by atoms with E-state index < -0.39 is 0 Å². The topological polar surface area (TPSA) is 81.9 Å². The number of nitrogens with zero attached hydrogens (tertiary/aromatic N) is 4. The molecule has 2 heterocycles. The Morgan fingerprint density at radius 2 is 2.26 bits per heavy atom. The summed E-state index contributed by atoms with van der Waals surface area (Å²) in [5, 5.41) is 15.2. The number of hydrogen-bond donors (Lipinski definition) is 1. The van der Waals surface area contributed by atoms with Gasteiger partial charge in [0.1, 0.15) is 0 Å². The number of benzene rings is 1. The van der Waals surface area contributed by atoms with E-state index in [1.165, 1.54) is 11.8 Å². The van der Waals surface area contributed by atoms with Crippen LogP contribution in [0.25, 0.3) is 0 Å². The van der Waals surface area contributed by atoms with Crippen LogP contribution in [-0.2, 0) is 16.1 Å². The number of thioether (sulfide) groups is 1. The predicted molar refractivity (Wildman–Crippen MR) is 86.1 cm³/mol. The molecule has 1 amide bonds. The largest absolute Gasteiger partial charge is 0.376 e. The Morgan fingerprint density at radius 1 is 1.39 bits per heavy atom. The van der Waals surface area contributed by atoms with Gasteiger partial charge in [0.15, 0.2) is 0 Å². The summed E-state index contributed by atoms with van der Waals surface area (Å²) in [5.41, 5.74) is 1.12. The molecule has 1 fully saturated rings. The molecule has 0 radical (unpaired) electrons.